The maximum Gasteiger partial charge on any atom is 0.291 e. The molecule has 1 aromatic carbocycles. The molecule has 0 saturated heterocycles. The summed E-state index contributed by atoms with van der Waals surface area (Å²) in [5, 5.41) is 18.2. The summed E-state index contributed by atoms with van der Waals surface area (Å²) in [4.78, 5) is 12.2. The fraction of sp³-hybridized carbons (Fsp3) is 0.412. The molecule has 25 heavy (non-hydrogen) atoms. The Morgan fingerprint density at radius 3 is 2.56 bits per heavy atom. The summed E-state index contributed by atoms with van der Waals surface area (Å²) in [6.07, 6.45) is 6.14. The molecule has 3 rings (SSSR count). The predicted molar refractivity (Wildman–Crippen MR) is 101 cm³/mol. The first-order chi connectivity index (χ1) is 11.9. The van der Waals surface area contributed by atoms with Crippen LogP contribution in [0.2, 0.25) is 15.1 Å². The highest BCUT2D eigenvalue weighted by atomic mass is 35.5. The lowest BCUT2D eigenvalue weighted by molar-refractivity contribution is 0.0167. The molecule has 0 atom stereocenters. The summed E-state index contributed by atoms with van der Waals surface area (Å²) in [6, 6.07) is 5.08. The van der Waals surface area contributed by atoms with Gasteiger partial charge in [-0.05, 0) is 31.0 Å². The Bertz CT molecular complexity index is 832. The SMILES string of the molecule is O=c1c(Cl)c(Cl)cnn1-c1ccc(NCC2(O)CCCCC2)c(Cl)c1. The Kier molecular flexibility index (Phi) is 5.58. The van der Waals surface area contributed by atoms with Crippen LogP contribution in [-0.2, 0) is 0 Å². The van der Waals surface area contributed by atoms with Gasteiger partial charge in [0.2, 0.25) is 0 Å². The third-order valence-electron chi connectivity index (χ3n) is 4.47. The number of hydrogen-bond donors (Lipinski definition) is 2. The molecule has 134 valence electrons. The van der Waals surface area contributed by atoms with E-state index >= 15 is 0 Å². The summed E-state index contributed by atoms with van der Waals surface area (Å²) in [5.41, 5.74) is -0.0295. The first-order valence-electron chi connectivity index (χ1n) is 8.09. The van der Waals surface area contributed by atoms with E-state index in [1.165, 1.54) is 12.6 Å². The maximum atomic E-state index is 12.2. The second kappa shape index (κ2) is 7.54. The molecule has 0 unspecified atom stereocenters. The van der Waals surface area contributed by atoms with Crippen LogP contribution in [0.15, 0.2) is 29.2 Å². The molecule has 1 aliphatic carbocycles. The van der Waals surface area contributed by atoms with Crippen LogP contribution < -0.4 is 10.9 Å². The number of nitrogens with one attached hydrogen (secondary N) is 1. The number of halogens is 3. The molecule has 0 spiro atoms. The van der Waals surface area contributed by atoms with Crippen molar-refractivity contribution in [1.82, 2.24) is 9.78 Å². The standard InChI is InChI=1S/C17H18Cl3N3O2/c18-12-8-11(23-16(24)15(20)13(19)9-22-23)4-5-14(12)21-10-17(25)6-2-1-3-7-17/h4-5,8-9,21,25H,1-3,6-7,10H2. The van der Waals surface area contributed by atoms with Crippen LogP contribution in [0.3, 0.4) is 0 Å². The van der Waals surface area contributed by atoms with E-state index in [-0.39, 0.29) is 10.0 Å². The second-order valence-corrected chi connectivity index (χ2v) is 7.52. The summed E-state index contributed by atoms with van der Waals surface area (Å²) < 4.78 is 1.14. The highest BCUT2D eigenvalue weighted by molar-refractivity contribution is 6.41. The molecule has 0 aliphatic heterocycles. The molecular formula is C17H18Cl3N3O2. The van der Waals surface area contributed by atoms with Gasteiger partial charge in [-0.2, -0.15) is 9.78 Å². The zero-order valence-corrected chi connectivity index (χ0v) is 15.7. The molecule has 2 N–H and O–H groups in total. The monoisotopic (exact) mass is 401 g/mol. The molecule has 1 fully saturated rings. The molecule has 1 aromatic heterocycles. The van der Waals surface area contributed by atoms with Crippen molar-refractivity contribution in [2.45, 2.75) is 37.7 Å². The fourth-order valence-electron chi connectivity index (χ4n) is 3.02. The minimum absolute atomic E-state index is 0.0884. The molecule has 0 amide bonds. The van der Waals surface area contributed by atoms with Gasteiger partial charge < -0.3 is 10.4 Å². The topological polar surface area (TPSA) is 67.2 Å². The van der Waals surface area contributed by atoms with E-state index in [0.717, 1.165) is 30.4 Å². The fourth-order valence-corrected chi connectivity index (χ4v) is 3.52. The molecule has 1 aliphatic rings. The number of aromatic nitrogens is 2. The largest absolute Gasteiger partial charge is 0.388 e. The number of hydrogen-bond acceptors (Lipinski definition) is 4. The molecule has 2 aromatic rings. The van der Waals surface area contributed by atoms with Crippen molar-refractivity contribution in [2.75, 3.05) is 11.9 Å². The Morgan fingerprint density at radius 2 is 1.88 bits per heavy atom. The number of rotatable bonds is 4. The summed E-state index contributed by atoms with van der Waals surface area (Å²) in [7, 11) is 0. The number of aliphatic hydroxyl groups is 1. The summed E-state index contributed by atoms with van der Waals surface area (Å²) in [6.45, 7) is 0.442. The van der Waals surface area contributed by atoms with Crippen LogP contribution in [-0.4, -0.2) is 27.0 Å². The van der Waals surface area contributed by atoms with Gasteiger partial charge in [-0.15, -0.1) is 0 Å². The van der Waals surface area contributed by atoms with Crippen molar-refractivity contribution in [3.63, 3.8) is 0 Å². The average Bonchev–Trinajstić information content (AvgIpc) is 2.59. The average molecular weight is 403 g/mol. The van der Waals surface area contributed by atoms with E-state index in [1.54, 1.807) is 18.2 Å². The molecule has 0 bridgehead atoms. The van der Waals surface area contributed by atoms with E-state index in [4.69, 9.17) is 34.8 Å². The van der Waals surface area contributed by atoms with Gasteiger partial charge in [0.15, 0.2) is 0 Å². The molecule has 0 radical (unpaired) electrons. The smallest absolute Gasteiger partial charge is 0.291 e. The lowest BCUT2D eigenvalue weighted by Crippen LogP contribution is -2.38. The summed E-state index contributed by atoms with van der Waals surface area (Å²) in [5.74, 6) is 0. The third kappa shape index (κ3) is 4.11. The number of benzene rings is 1. The van der Waals surface area contributed by atoms with Crippen LogP contribution in [0.25, 0.3) is 5.69 Å². The lowest BCUT2D eigenvalue weighted by Gasteiger charge is -2.32. The van der Waals surface area contributed by atoms with Gasteiger partial charge in [0.05, 0.1) is 33.2 Å². The Balaban J connectivity index is 1.79. The van der Waals surface area contributed by atoms with E-state index in [9.17, 15) is 9.90 Å². The molecule has 8 heteroatoms. The van der Waals surface area contributed by atoms with Crippen LogP contribution >= 0.6 is 34.8 Å². The Labute approximate surface area is 160 Å². The van der Waals surface area contributed by atoms with Gasteiger partial charge in [0.1, 0.15) is 5.02 Å². The molecule has 5 nitrogen and oxygen atoms in total. The maximum absolute atomic E-state index is 12.2. The number of nitrogens with zero attached hydrogens (tertiary/aromatic N) is 2. The highest BCUT2D eigenvalue weighted by Gasteiger charge is 2.28. The minimum atomic E-state index is -0.692. The van der Waals surface area contributed by atoms with Crippen molar-refractivity contribution < 1.29 is 5.11 Å². The van der Waals surface area contributed by atoms with Gasteiger partial charge in [-0.25, -0.2) is 0 Å². The quantitative estimate of drug-likeness (QED) is 0.800. The molecule has 1 heterocycles. The minimum Gasteiger partial charge on any atom is -0.388 e. The highest BCUT2D eigenvalue weighted by Crippen LogP contribution is 2.30. The van der Waals surface area contributed by atoms with Crippen molar-refractivity contribution >= 4 is 40.5 Å². The van der Waals surface area contributed by atoms with E-state index in [1.807, 2.05) is 0 Å². The third-order valence-corrected chi connectivity index (χ3v) is 5.53. The van der Waals surface area contributed by atoms with E-state index in [2.05, 4.69) is 10.4 Å². The van der Waals surface area contributed by atoms with Gasteiger partial charge in [-0.1, -0.05) is 54.1 Å². The predicted octanol–water partition coefficient (Wildman–Crippen LogP) is 4.30. The van der Waals surface area contributed by atoms with E-state index < -0.39 is 11.2 Å². The van der Waals surface area contributed by atoms with Gasteiger partial charge in [0.25, 0.3) is 5.56 Å². The van der Waals surface area contributed by atoms with Gasteiger partial charge in [0, 0.05) is 6.54 Å². The van der Waals surface area contributed by atoms with Crippen molar-refractivity contribution in [3.8, 4) is 5.69 Å². The number of anilines is 1. The van der Waals surface area contributed by atoms with Crippen molar-refractivity contribution in [1.29, 1.82) is 0 Å². The summed E-state index contributed by atoms with van der Waals surface area (Å²) >= 11 is 18.0. The van der Waals surface area contributed by atoms with E-state index in [0.29, 0.717) is 22.9 Å². The van der Waals surface area contributed by atoms with Gasteiger partial charge >= 0.3 is 0 Å². The first-order valence-corrected chi connectivity index (χ1v) is 9.22. The van der Waals surface area contributed by atoms with Crippen molar-refractivity contribution in [2.24, 2.45) is 0 Å². The Hall–Kier alpha value is -1.27. The lowest BCUT2D eigenvalue weighted by atomic mass is 9.85. The zero-order valence-electron chi connectivity index (χ0n) is 13.4. The van der Waals surface area contributed by atoms with Crippen LogP contribution in [0, 0.1) is 0 Å². The normalized spacial score (nSPS) is 16.6. The van der Waals surface area contributed by atoms with Crippen LogP contribution in [0.5, 0.6) is 0 Å². The zero-order chi connectivity index (χ0) is 18.0. The van der Waals surface area contributed by atoms with Gasteiger partial charge in [-0.3, -0.25) is 4.79 Å². The Morgan fingerprint density at radius 1 is 1.16 bits per heavy atom. The molecule has 1 saturated carbocycles. The van der Waals surface area contributed by atoms with Crippen LogP contribution in [0.1, 0.15) is 32.1 Å². The van der Waals surface area contributed by atoms with Crippen molar-refractivity contribution in [3.05, 3.63) is 49.8 Å². The van der Waals surface area contributed by atoms with Crippen LogP contribution in [0.4, 0.5) is 5.69 Å². The second-order valence-electron chi connectivity index (χ2n) is 6.33. The molecular weight excluding hydrogens is 385 g/mol. The first kappa shape index (κ1) is 18.5.